The van der Waals surface area contributed by atoms with Crippen molar-refractivity contribution >= 4 is 11.3 Å². The maximum atomic E-state index is 12.7. The summed E-state index contributed by atoms with van der Waals surface area (Å²) in [7, 11) is 0. The lowest BCUT2D eigenvalue weighted by atomic mass is 10.2. The summed E-state index contributed by atoms with van der Waals surface area (Å²) in [5.41, 5.74) is 1.87. The molecule has 0 saturated heterocycles. The third-order valence-electron chi connectivity index (χ3n) is 2.23. The van der Waals surface area contributed by atoms with Crippen LogP contribution in [0.5, 0.6) is 0 Å². The molecule has 0 saturated carbocycles. The normalized spacial score (nSPS) is 10.5. The van der Waals surface area contributed by atoms with Crippen LogP contribution in [0.25, 0.3) is 0 Å². The molecule has 0 aliphatic carbocycles. The van der Waals surface area contributed by atoms with Gasteiger partial charge >= 0.3 is 4.87 Å². The van der Waals surface area contributed by atoms with Gasteiger partial charge in [-0.15, -0.1) is 0 Å². The SMILES string of the molecule is Cc1csc(=O)n1Cc1ccc(F)cc1. The fraction of sp³-hybridized carbons (Fsp3) is 0.182. The van der Waals surface area contributed by atoms with E-state index in [0.717, 1.165) is 11.3 Å². The highest BCUT2D eigenvalue weighted by molar-refractivity contribution is 7.07. The molecule has 0 radical (unpaired) electrons. The standard InChI is InChI=1S/C11H10FNOS/c1-8-7-15-11(14)13(8)6-9-2-4-10(12)5-3-9/h2-5,7H,6H2,1H3. The molecule has 0 fully saturated rings. The van der Waals surface area contributed by atoms with Crippen molar-refractivity contribution in [2.45, 2.75) is 13.5 Å². The highest BCUT2D eigenvalue weighted by Gasteiger charge is 2.03. The van der Waals surface area contributed by atoms with E-state index in [4.69, 9.17) is 0 Å². The Morgan fingerprint density at radius 1 is 1.33 bits per heavy atom. The Bertz CT molecular complexity index is 512. The van der Waals surface area contributed by atoms with Crippen molar-refractivity contribution in [1.29, 1.82) is 0 Å². The number of thiazole rings is 1. The second-order valence-electron chi connectivity index (χ2n) is 3.36. The Morgan fingerprint density at radius 3 is 2.53 bits per heavy atom. The number of aromatic nitrogens is 1. The van der Waals surface area contributed by atoms with Gasteiger partial charge in [-0.05, 0) is 24.6 Å². The lowest BCUT2D eigenvalue weighted by Gasteiger charge is -2.04. The zero-order valence-corrected chi connectivity index (χ0v) is 9.05. The largest absolute Gasteiger partial charge is 0.307 e. The van der Waals surface area contributed by atoms with Crippen LogP contribution in [-0.2, 0) is 6.54 Å². The molecule has 0 aliphatic heterocycles. The van der Waals surface area contributed by atoms with Crippen LogP contribution in [0, 0.1) is 12.7 Å². The minimum absolute atomic E-state index is 0.0248. The number of hydrogen-bond acceptors (Lipinski definition) is 2. The minimum atomic E-state index is -0.256. The maximum absolute atomic E-state index is 12.7. The summed E-state index contributed by atoms with van der Waals surface area (Å²) < 4.78 is 14.3. The molecule has 0 spiro atoms. The van der Waals surface area contributed by atoms with Crippen LogP contribution in [0.3, 0.4) is 0 Å². The number of hydrogen-bond donors (Lipinski definition) is 0. The fourth-order valence-electron chi connectivity index (χ4n) is 1.37. The van der Waals surface area contributed by atoms with E-state index in [2.05, 4.69) is 0 Å². The smallest absolute Gasteiger partial charge is 0.299 e. The van der Waals surface area contributed by atoms with Gasteiger partial charge in [0, 0.05) is 11.1 Å². The Kier molecular flexibility index (Phi) is 2.68. The van der Waals surface area contributed by atoms with Gasteiger partial charge in [0.2, 0.25) is 0 Å². The predicted octanol–water partition coefficient (Wildman–Crippen LogP) is 2.41. The molecule has 2 nitrogen and oxygen atoms in total. The molecule has 78 valence electrons. The predicted molar refractivity (Wildman–Crippen MR) is 58.8 cm³/mol. The van der Waals surface area contributed by atoms with Crippen LogP contribution in [0.2, 0.25) is 0 Å². The molecule has 0 amide bonds. The maximum Gasteiger partial charge on any atom is 0.307 e. The molecule has 1 aromatic carbocycles. The first-order chi connectivity index (χ1) is 7.16. The van der Waals surface area contributed by atoms with Crippen LogP contribution < -0.4 is 4.87 Å². The monoisotopic (exact) mass is 223 g/mol. The molecule has 2 rings (SSSR count). The van der Waals surface area contributed by atoms with E-state index >= 15 is 0 Å². The Labute approximate surface area is 90.6 Å². The van der Waals surface area contributed by atoms with Gasteiger partial charge in [0.15, 0.2) is 0 Å². The van der Waals surface area contributed by atoms with Gasteiger partial charge < -0.3 is 0 Å². The quantitative estimate of drug-likeness (QED) is 0.766. The summed E-state index contributed by atoms with van der Waals surface area (Å²) in [5.74, 6) is -0.256. The van der Waals surface area contributed by atoms with E-state index in [0.29, 0.717) is 6.54 Å². The van der Waals surface area contributed by atoms with Gasteiger partial charge in [0.05, 0.1) is 6.54 Å². The number of aryl methyl sites for hydroxylation is 1. The second kappa shape index (κ2) is 3.98. The third kappa shape index (κ3) is 2.15. The first-order valence-corrected chi connectivity index (χ1v) is 5.44. The van der Waals surface area contributed by atoms with Crippen molar-refractivity contribution in [2.24, 2.45) is 0 Å². The van der Waals surface area contributed by atoms with Crippen LogP contribution in [0.15, 0.2) is 34.4 Å². The van der Waals surface area contributed by atoms with Crippen molar-refractivity contribution in [1.82, 2.24) is 4.57 Å². The van der Waals surface area contributed by atoms with E-state index in [1.807, 2.05) is 12.3 Å². The number of rotatable bonds is 2. The van der Waals surface area contributed by atoms with Crippen molar-refractivity contribution in [2.75, 3.05) is 0 Å². The fourth-order valence-corrected chi connectivity index (χ4v) is 2.10. The number of nitrogens with zero attached hydrogens (tertiary/aromatic N) is 1. The summed E-state index contributed by atoms with van der Waals surface area (Å²) in [6.07, 6.45) is 0. The highest BCUT2D eigenvalue weighted by Crippen LogP contribution is 2.07. The van der Waals surface area contributed by atoms with Crippen LogP contribution in [-0.4, -0.2) is 4.57 Å². The zero-order chi connectivity index (χ0) is 10.8. The number of benzene rings is 1. The van der Waals surface area contributed by atoms with Crippen molar-refractivity contribution in [3.63, 3.8) is 0 Å². The molecule has 4 heteroatoms. The minimum Gasteiger partial charge on any atom is -0.299 e. The summed E-state index contributed by atoms with van der Waals surface area (Å²) in [6, 6.07) is 6.20. The number of halogens is 1. The average Bonchev–Trinajstić information content (AvgIpc) is 2.53. The summed E-state index contributed by atoms with van der Waals surface area (Å²) in [6.45, 7) is 2.40. The Balaban J connectivity index is 2.29. The molecule has 0 bridgehead atoms. The van der Waals surface area contributed by atoms with E-state index in [9.17, 15) is 9.18 Å². The van der Waals surface area contributed by atoms with Crippen molar-refractivity contribution in [3.8, 4) is 0 Å². The van der Waals surface area contributed by atoms with E-state index < -0.39 is 0 Å². The lowest BCUT2D eigenvalue weighted by Crippen LogP contribution is -2.15. The highest BCUT2D eigenvalue weighted by atomic mass is 32.1. The van der Waals surface area contributed by atoms with Crippen LogP contribution in [0.4, 0.5) is 4.39 Å². The van der Waals surface area contributed by atoms with E-state index in [1.54, 1.807) is 16.7 Å². The van der Waals surface area contributed by atoms with Gasteiger partial charge in [0.1, 0.15) is 5.82 Å². The van der Waals surface area contributed by atoms with Gasteiger partial charge in [-0.2, -0.15) is 0 Å². The molecule has 0 unspecified atom stereocenters. The molecule has 0 aliphatic rings. The third-order valence-corrected chi connectivity index (χ3v) is 3.11. The summed E-state index contributed by atoms with van der Waals surface area (Å²) in [4.78, 5) is 11.4. The van der Waals surface area contributed by atoms with Gasteiger partial charge in [0.25, 0.3) is 0 Å². The van der Waals surface area contributed by atoms with Crippen molar-refractivity contribution in [3.05, 3.63) is 56.4 Å². The Morgan fingerprint density at radius 2 is 2.00 bits per heavy atom. The topological polar surface area (TPSA) is 22.0 Å². The van der Waals surface area contributed by atoms with Crippen molar-refractivity contribution < 1.29 is 4.39 Å². The molecule has 0 N–H and O–H groups in total. The van der Waals surface area contributed by atoms with Crippen LogP contribution >= 0.6 is 11.3 Å². The molecule has 1 aromatic heterocycles. The molecule has 15 heavy (non-hydrogen) atoms. The Hall–Kier alpha value is -1.42. The molecular formula is C11H10FNOS. The van der Waals surface area contributed by atoms with Gasteiger partial charge in [-0.3, -0.25) is 9.36 Å². The first kappa shape index (κ1) is 10.1. The van der Waals surface area contributed by atoms with E-state index in [1.165, 1.54) is 23.5 Å². The van der Waals surface area contributed by atoms with Crippen LogP contribution in [0.1, 0.15) is 11.3 Å². The average molecular weight is 223 g/mol. The second-order valence-corrected chi connectivity index (χ2v) is 4.18. The molecule has 2 aromatic rings. The molecule has 1 heterocycles. The first-order valence-electron chi connectivity index (χ1n) is 4.56. The van der Waals surface area contributed by atoms with Gasteiger partial charge in [-0.25, -0.2) is 4.39 Å². The van der Waals surface area contributed by atoms with E-state index in [-0.39, 0.29) is 10.7 Å². The molecule has 0 atom stereocenters. The summed E-state index contributed by atoms with van der Waals surface area (Å²) >= 11 is 1.19. The zero-order valence-electron chi connectivity index (χ0n) is 8.24. The lowest BCUT2D eigenvalue weighted by molar-refractivity contribution is 0.626. The summed E-state index contributed by atoms with van der Waals surface area (Å²) in [5, 5.41) is 1.83. The van der Waals surface area contributed by atoms with Gasteiger partial charge in [-0.1, -0.05) is 23.5 Å². The molecular weight excluding hydrogens is 213 g/mol.